The summed E-state index contributed by atoms with van der Waals surface area (Å²) in [5, 5.41) is 14.7. The van der Waals surface area contributed by atoms with Gasteiger partial charge in [0.05, 0.1) is 17.9 Å². The van der Waals surface area contributed by atoms with Gasteiger partial charge in [-0.05, 0) is 19.3 Å². The second kappa shape index (κ2) is 3.81. The summed E-state index contributed by atoms with van der Waals surface area (Å²) in [6.07, 6.45) is 2.66. The Kier molecular flexibility index (Phi) is 2.65. The maximum atomic E-state index is 11.7. The second-order valence-corrected chi connectivity index (χ2v) is 4.55. The molecule has 0 aromatic rings. The number of carbonyl (C=O) groups is 2. The van der Waals surface area contributed by atoms with Crippen LogP contribution in [0.3, 0.4) is 0 Å². The standard InChI is InChI=1S/C10H16N2O3/c13-8(14)4-10(2-1-3-10)12-9(15)7-5-11-6-7/h7,11H,1-6H2,(H,12,15)(H,13,14). The number of hydrogen-bond acceptors (Lipinski definition) is 3. The Balaban J connectivity index is 1.89. The van der Waals surface area contributed by atoms with Crippen LogP contribution in [-0.4, -0.2) is 35.6 Å². The Morgan fingerprint density at radius 2 is 2.07 bits per heavy atom. The Hall–Kier alpha value is -1.10. The molecule has 1 heterocycles. The summed E-state index contributed by atoms with van der Waals surface area (Å²) in [7, 11) is 0. The van der Waals surface area contributed by atoms with Crippen LogP contribution < -0.4 is 10.6 Å². The first-order valence-corrected chi connectivity index (χ1v) is 5.36. The van der Waals surface area contributed by atoms with Gasteiger partial charge in [-0.2, -0.15) is 0 Å². The number of carbonyl (C=O) groups excluding carboxylic acids is 1. The average molecular weight is 212 g/mol. The molecular formula is C10H16N2O3. The molecule has 3 N–H and O–H groups in total. The van der Waals surface area contributed by atoms with E-state index in [0.29, 0.717) is 0 Å². The van der Waals surface area contributed by atoms with Crippen LogP contribution in [0.4, 0.5) is 0 Å². The first-order chi connectivity index (χ1) is 7.11. The van der Waals surface area contributed by atoms with Gasteiger partial charge in [0.2, 0.25) is 5.91 Å². The molecule has 5 nitrogen and oxygen atoms in total. The third-order valence-electron chi connectivity index (χ3n) is 3.34. The molecule has 15 heavy (non-hydrogen) atoms. The molecule has 5 heteroatoms. The highest BCUT2D eigenvalue weighted by atomic mass is 16.4. The summed E-state index contributed by atoms with van der Waals surface area (Å²) in [5.74, 6) is -0.785. The molecule has 1 saturated carbocycles. The summed E-state index contributed by atoms with van der Waals surface area (Å²) < 4.78 is 0. The fourth-order valence-electron chi connectivity index (χ4n) is 2.08. The topological polar surface area (TPSA) is 78.4 Å². The van der Waals surface area contributed by atoms with Crippen molar-refractivity contribution in [3.63, 3.8) is 0 Å². The molecule has 1 amide bonds. The monoisotopic (exact) mass is 212 g/mol. The third-order valence-corrected chi connectivity index (χ3v) is 3.34. The molecule has 1 aliphatic carbocycles. The van der Waals surface area contributed by atoms with Crippen LogP contribution in [0.25, 0.3) is 0 Å². The van der Waals surface area contributed by atoms with Gasteiger partial charge in [0.15, 0.2) is 0 Å². The van der Waals surface area contributed by atoms with Gasteiger partial charge in [-0.25, -0.2) is 0 Å². The maximum Gasteiger partial charge on any atom is 0.305 e. The molecule has 0 aromatic carbocycles. The SMILES string of the molecule is O=C(O)CC1(NC(=O)C2CNC2)CCC1. The van der Waals surface area contributed by atoms with Crippen molar-refractivity contribution in [3.05, 3.63) is 0 Å². The number of hydrogen-bond donors (Lipinski definition) is 3. The Morgan fingerprint density at radius 3 is 2.40 bits per heavy atom. The summed E-state index contributed by atoms with van der Waals surface area (Å²) >= 11 is 0. The van der Waals surface area contributed by atoms with Crippen molar-refractivity contribution in [1.29, 1.82) is 0 Å². The molecular weight excluding hydrogens is 196 g/mol. The lowest BCUT2D eigenvalue weighted by molar-refractivity contribution is -0.141. The molecule has 2 aliphatic rings. The van der Waals surface area contributed by atoms with Gasteiger partial charge in [-0.3, -0.25) is 9.59 Å². The molecule has 1 aliphatic heterocycles. The van der Waals surface area contributed by atoms with Gasteiger partial charge in [0, 0.05) is 13.1 Å². The van der Waals surface area contributed by atoms with Crippen molar-refractivity contribution in [2.75, 3.05) is 13.1 Å². The maximum absolute atomic E-state index is 11.7. The molecule has 0 bridgehead atoms. The highest BCUT2D eigenvalue weighted by molar-refractivity contribution is 5.82. The number of nitrogens with one attached hydrogen (secondary N) is 2. The predicted octanol–water partition coefficient (Wildman–Crippen LogP) is -0.281. The van der Waals surface area contributed by atoms with Gasteiger partial charge in [0.1, 0.15) is 0 Å². The van der Waals surface area contributed by atoms with E-state index in [9.17, 15) is 9.59 Å². The van der Waals surface area contributed by atoms with Crippen LogP contribution in [-0.2, 0) is 9.59 Å². The third kappa shape index (κ3) is 2.12. The van der Waals surface area contributed by atoms with Crippen molar-refractivity contribution >= 4 is 11.9 Å². The Morgan fingerprint density at radius 1 is 1.40 bits per heavy atom. The van der Waals surface area contributed by atoms with Crippen molar-refractivity contribution in [3.8, 4) is 0 Å². The van der Waals surface area contributed by atoms with Crippen LogP contribution in [0.1, 0.15) is 25.7 Å². The number of aliphatic carboxylic acids is 1. The van der Waals surface area contributed by atoms with Crippen LogP contribution in [0.2, 0.25) is 0 Å². The van der Waals surface area contributed by atoms with Gasteiger partial charge < -0.3 is 15.7 Å². The second-order valence-electron chi connectivity index (χ2n) is 4.55. The van der Waals surface area contributed by atoms with E-state index in [1.54, 1.807) is 0 Å². The van der Waals surface area contributed by atoms with Crippen molar-refractivity contribution in [2.24, 2.45) is 5.92 Å². The molecule has 0 radical (unpaired) electrons. The molecule has 1 saturated heterocycles. The zero-order valence-electron chi connectivity index (χ0n) is 8.58. The minimum atomic E-state index is -0.832. The van der Waals surface area contributed by atoms with Crippen LogP contribution in [0, 0.1) is 5.92 Å². The summed E-state index contributed by atoms with van der Waals surface area (Å²) in [5.41, 5.74) is -0.446. The van der Waals surface area contributed by atoms with E-state index in [0.717, 1.165) is 32.4 Å². The summed E-state index contributed by atoms with van der Waals surface area (Å²) in [6, 6.07) is 0. The zero-order chi connectivity index (χ0) is 10.9. The molecule has 0 unspecified atom stereocenters. The molecule has 0 spiro atoms. The van der Waals surface area contributed by atoms with Crippen LogP contribution in [0.15, 0.2) is 0 Å². The van der Waals surface area contributed by atoms with E-state index in [4.69, 9.17) is 5.11 Å². The molecule has 2 fully saturated rings. The van der Waals surface area contributed by atoms with Crippen molar-refractivity contribution < 1.29 is 14.7 Å². The summed E-state index contributed by atoms with van der Waals surface area (Å²) in [4.78, 5) is 22.4. The lowest BCUT2D eigenvalue weighted by Gasteiger charge is -2.43. The highest BCUT2D eigenvalue weighted by Gasteiger charge is 2.42. The molecule has 84 valence electrons. The fraction of sp³-hybridized carbons (Fsp3) is 0.800. The Labute approximate surface area is 88.2 Å². The first kappa shape index (κ1) is 10.4. The summed E-state index contributed by atoms with van der Waals surface area (Å²) in [6.45, 7) is 1.43. The lowest BCUT2D eigenvalue weighted by atomic mass is 9.74. The van der Waals surface area contributed by atoms with E-state index < -0.39 is 11.5 Å². The van der Waals surface area contributed by atoms with Crippen molar-refractivity contribution in [1.82, 2.24) is 10.6 Å². The van der Waals surface area contributed by atoms with Crippen LogP contribution in [0.5, 0.6) is 0 Å². The number of rotatable bonds is 4. The quantitative estimate of drug-likeness (QED) is 0.599. The lowest BCUT2D eigenvalue weighted by Crippen LogP contribution is -2.60. The highest BCUT2D eigenvalue weighted by Crippen LogP contribution is 2.35. The van der Waals surface area contributed by atoms with Gasteiger partial charge in [-0.15, -0.1) is 0 Å². The number of amides is 1. The smallest absolute Gasteiger partial charge is 0.305 e. The normalized spacial score (nSPS) is 23.7. The van der Waals surface area contributed by atoms with E-state index in [-0.39, 0.29) is 18.2 Å². The predicted molar refractivity (Wildman–Crippen MR) is 53.3 cm³/mol. The average Bonchev–Trinajstić information content (AvgIpc) is 1.95. The van der Waals surface area contributed by atoms with Gasteiger partial charge >= 0.3 is 5.97 Å². The van der Waals surface area contributed by atoms with E-state index in [1.807, 2.05) is 0 Å². The minimum absolute atomic E-state index is 0.00898. The number of carboxylic acid groups (broad SMARTS) is 1. The molecule has 0 atom stereocenters. The van der Waals surface area contributed by atoms with E-state index in [1.165, 1.54) is 0 Å². The first-order valence-electron chi connectivity index (χ1n) is 5.36. The minimum Gasteiger partial charge on any atom is -0.481 e. The van der Waals surface area contributed by atoms with E-state index >= 15 is 0 Å². The largest absolute Gasteiger partial charge is 0.481 e. The molecule has 2 rings (SSSR count). The Bertz CT molecular complexity index is 282. The van der Waals surface area contributed by atoms with Gasteiger partial charge in [-0.1, -0.05) is 0 Å². The van der Waals surface area contributed by atoms with E-state index in [2.05, 4.69) is 10.6 Å². The molecule has 0 aromatic heterocycles. The fourth-order valence-corrected chi connectivity index (χ4v) is 2.08. The van der Waals surface area contributed by atoms with Crippen molar-refractivity contribution in [2.45, 2.75) is 31.2 Å². The van der Waals surface area contributed by atoms with Gasteiger partial charge in [0.25, 0.3) is 0 Å². The van der Waals surface area contributed by atoms with Crippen LogP contribution >= 0.6 is 0 Å². The zero-order valence-corrected chi connectivity index (χ0v) is 8.58. The number of carboxylic acids is 1.